The first-order valence-corrected chi connectivity index (χ1v) is 31.5. The molecule has 10 heteroatoms. The minimum atomic E-state index is -4.63. The molecule has 0 saturated carbocycles. The number of allylic oxidation sites excluding steroid dienone is 10. The summed E-state index contributed by atoms with van der Waals surface area (Å²) in [5.74, 6) is -0.836. The van der Waals surface area contributed by atoms with Crippen molar-refractivity contribution in [3.05, 3.63) is 60.8 Å². The lowest BCUT2D eigenvalue weighted by Crippen LogP contribution is -2.37. The third kappa shape index (κ3) is 57.0. The van der Waals surface area contributed by atoms with Crippen molar-refractivity contribution in [2.45, 2.75) is 277 Å². The molecule has 9 nitrogen and oxygen atoms in total. The van der Waals surface area contributed by atoms with Gasteiger partial charge in [-0.25, -0.2) is 0 Å². The largest absolute Gasteiger partial charge is 0.756 e. The van der Waals surface area contributed by atoms with Gasteiger partial charge in [-0.05, 0) is 70.6 Å². The number of likely N-dealkylation sites (N-methyl/N-ethyl adjacent to an activating group) is 1. The van der Waals surface area contributed by atoms with Crippen LogP contribution in [0.5, 0.6) is 0 Å². The van der Waals surface area contributed by atoms with Gasteiger partial charge in [0.05, 0.1) is 27.7 Å². The SMILES string of the molecule is CC/C=C\C/C=C\C/C=C\C/C=C\CCCCCCCCCCCCCCCCCCCCCCCCCCC(=O)OC(COC(=O)CCCCCCC/C=C\CCCC)COP(=O)([O-])OCC[N+](C)(C)C. The molecule has 0 aromatic rings. The molecule has 0 aliphatic rings. The first-order valence-electron chi connectivity index (χ1n) is 30.0. The normalized spacial score (nSPS) is 13.7. The number of carbonyl (C=O) groups excluding carboxylic acids is 2. The Kier molecular flexibility index (Phi) is 51.8. The van der Waals surface area contributed by atoms with Crippen molar-refractivity contribution >= 4 is 19.8 Å². The van der Waals surface area contributed by atoms with Gasteiger partial charge in [-0.1, -0.05) is 248 Å². The van der Waals surface area contributed by atoms with Crippen LogP contribution in [0.2, 0.25) is 0 Å². The first kappa shape index (κ1) is 69.7. The highest BCUT2D eigenvalue weighted by Gasteiger charge is 2.22. The van der Waals surface area contributed by atoms with Gasteiger partial charge in [0.15, 0.2) is 6.10 Å². The van der Waals surface area contributed by atoms with E-state index in [0.29, 0.717) is 17.4 Å². The summed E-state index contributed by atoms with van der Waals surface area (Å²) in [4.78, 5) is 37.7. The van der Waals surface area contributed by atoms with E-state index >= 15 is 0 Å². The lowest BCUT2D eigenvalue weighted by atomic mass is 10.0. The van der Waals surface area contributed by atoms with Crippen LogP contribution in [0.25, 0.3) is 0 Å². The Labute approximate surface area is 445 Å². The Hall–Kier alpha value is -2.29. The second kappa shape index (κ2) is 53.5. The molecule has 72 heavy (non-hydrogen) atoms. The van der Waals surface area contributed by atoms with Crippen molar-refractivity contribution in [3.63, 3.8) is 0 Å². The molecule has 0 aromatic heterocycles. The van der Waals surface area contributed by atoms with Gasteiger partial charge >= 0.3 is 11.9 Å². The zero-order chi connectivity index (χ0) is 52.7. The van der Waals surface area contributed by atoms with Crippen LogP contribution in [0.4, 0.5) is 0 Å². The van der Waals surface area contributed by atoms with Crippen molar-refractivity contribution in [1.82, 2.24) is 0 Å². The number of phosphoric acid groups is 1. The third-order valence-electron chi connectivity index (χ3n) is 13.0. The van der Waals surface area contributed by atoms with Gasteiger partial charge in [0, 0.05) is 12.8 Å². The standard InChI is InChI=1S/C62H114NO8P/c1-6-8-10-12-14-16-18-19-20-21-22-23-24-25-26-27-28-29-30-31-32-33-34-35-36-37-38-39-40-41-42-43-45-47-49-51-53-55-62(65)71-60(59-70-72(66,67)69-57-56-63(3,4)5)58-68-61(64)54-52-50-48-46-44-17-15-13-11-9-7-2/h8,10,13-16,19-20,22-23,60H,6-7,9,11-12,17-18,21,24-59H2,1-5H3/b10-8-,15-13-,16-14-,20-19-,23-22-. The van der Waals surface area contributed by atoms with Crippen LogP contribution in [0.3, 0.4) is 0 Å². The van der Waals surface area contributed by atoms with Crippen molar-refractivity contribution in [3.8, 4) is 0 Å². The molecule has 0 amide bonds. The summed E-state index contributed by atoms with van der Waals surface area (Å²) in [7, 11) is 1.17. The first-order chi connectivity index (χ1) is 35.0. The van der Waals surface area contributed by atoms with Gasteiger partial charge in [-0.3, -0.25) is 14.2 Å². The molecule has 420 valence electrons. The van der Waals surface area contributed by atoms with E-state index in [2.05, 4.69) is 74.6 Å². The van der Waals surface area contributed by atoms with Gasteiger partial charge in [0.1, 0.15) is 19.8 Å². The number of hydrogen-bond donors (Lipinski definition) is 0. The number of carbonyl (C=O) groups is 2. The number of quaternary nitrogens is 1. The van der Waals surface area contributed by atoms with Gasteiger partial charge in [0.2, 0.25) is 0 Å². The van der Waals surface area contributed by atoms with Crippen molar-refractivity contribution in [2.24, 2.45) is 0 Å². The van der Waals surface area contributed by atoms with E-state index in [4.69, 9.17) is 18.5 Å². The summed E-state index contributed by atoms with van der Waals surface area (Å²) < 4.78 is 34.1. The molecule has 0 aliphatic carbocycles. The number of hydrogen-bond acceptors (Lipinski definition) is 8. The molecule has 0 aliphatic heterocycles. The molecule has 0 bridgehead atoms. The molecule has 0 radical (unpaired) electrons. The Balaban J connectivity index is 3.89. The Morgan fingerprint density at radius 1 is 0.444 bits per heavy atom. The van der Waals surface area contributed by atoms with Crippen LogP contribution < -0.4 is 4.89 Å². The van der Waals surface area contributed by atoms with Gasteiger partial charge in [-0.15, -0.1) is 0 Å². The smallest absolute Gasteiger partial charge is 0.306 e. The lowest BCUT2D eigenvalue weighted by molar-refractivity contribution is -0.870. The number of esters is 2. The summed E-state index contributed by atoms with van der Waals surface area (Å²) in [5.41, 5.74) is 0. The summed E-state index contributed by atoms with van der Waals surface area (Å²) in [6.07, 6.45) is 68.8. The van der Waals surface area contributed by atoms with Crippen LogP contribution in [0, 0.1) is 0 Å². The molecular formula is C62H114NO8P. The second-order valence-electron chi connectivity index (χ2n) is 21.3. The van der Waals surface area contributed by atoms with E-state index < -0.39 is 32.5 Å². The minimum Gasteiger partial charge on any atom is -0.756 e. The van der Waals surface area contributed by atoms with Crippen LogP contribution >= 0.6 is 7.82 Å². The van der Waals surface area contributed by atoms with Crippen LogP contribution in [0.1, 0.15) is 271 Å². The molecular weight excluding hydrogens is 918 g/mol. The molecule has 2 atom stereocenters. The van der Waals surface area contributed by atoms with Gasteiger partial charge < -0.3 is 27.9 Å². The topological polar surface area (TPSA) is 111 Å². The van der Waals surface area contributed by atoms with Gasteiger partial charge in [0.25, 0.3) is 7.82 Å². The summed E-state index contributed by atoms with van der Waals surface area (Å²) in [6.45, 7) is 4.09. The zero-order valence-corrected chi connectivity index (χ0v) is 48.5. The van der Waals surface area contributed by atoms with Crippen molar-refractivity contribution < 1.29 is 42.1 Å². The fourth-order valence-electron chi connectivity index (χ4n) is 8.39. The van der Waals surface area contributed by atoms with Gasteiger partial charge in [-0.2, -0.15) is 0 Å². The minimum absolute atomic E-state index is 0.0312. The highest BCUT2D eigenvalue weighted by atomic mass is 31.2. The predicted molar refractivity (Wildman–Crippen MR) is 305 cm³/mol. The van der Waals surface area contributed by atoms with E-state index in [1.807, 2.05) is 21.1 Å². The molecule has 0 heterocycles. The quantitative estimate of drug-likeness (QED) is 0.0195. The van der Waals surface area contributed by atoms with E-state index in [9.17, 15) is 19.0 Å². The van der Waals surface area contributed by atoms with E-state index in [-0.39, 0.29) is 26.1 Å². The number of nitrogens with zero attached hydrogens (tertiary/aromatic N) is 1. The Bertz CT molecular complexity index is 1400. The maximum absolute atomic E-state index is 12.8. The third-order valence-corrected chi connectivity index (χ3v) is 14.0. The number of phosphoric ester groups is 1. The predicted octanol–water partition coefficient (Wildman–Crippen LogP) is 18.1. The number of ether oxygens (including phenoxy) is 2. The molecule has 0 aromatic carbocycles. The zero-order valence-electron chi connectivity index (χ0n) is 47.6. The lowest BCUT2D eigenvalue weighted by Gasteiger charge is -2.28. The molecule has 0 spiro atoms. The van der Waals surface area contributed by atoms with Crippen LogP contribution in [0.15, 0.2) is 60.8 Å². The molecule has 0 saturated heterocycles. The summed E-state index contributed by atoms with van der Waals surface area (Å²) in [6, 6.07) is 0. The molecule has 0 fully saturated rings. The monoisotopic (exact) mass is 1030 g/mol. The van der Waals surface area contributed by atoms with Crippen molar-refractivity contribution in [2.75, 3.05) is 47.5 Å². The van der Waals surface area contributed by atoms with Crippen LogP contribution in [-0.4, -0.2) is 70.0 Å². The number of rotatable bonds is 55. The van der Waals surface area contributed by atoms with Crippen LogP contribution in [-0.2, 0) is 32.7 Å². The summed E-state index contributed by atoms with van der Waals surface area (Å²) >= 11 is 0. The van der Waals surface area contributed by atoms with E-state index in [1.165, 1.54) is 154 Å². The highest BCUT2D eigenvalue weighted by molar-refractivity contribution is 7.45. The van der Waals surface area contributed by atoms with Crippen molar-refractivity contribution in [1.29, 1.82) is 0 Å². The highest BCUT2D eigenvalue weighted by Crippen LogP contribution is 2.38. The van der Waals surface area contributed by atoms with E-state index in [0.717, 1.165) is 83.5 Å². The summed E-state index contributed by atoms with van der Waals surface area (Å²) in [5, 5.41) is 0. The fraction of sp³-hybridized carbons (Fsp3) is 0.806. The average molecular weight is 1030 g/mol. The average Bonchev–Trinajstić information content (AvgIpc) is 3.34. The Morgan fingerprint density at radius 2 is 0.792 bits per heavy atom. The molecule has 0 rings (SSSR count). The fourth-order valence-corrected chi connectivity index (χ4v) is 9.12. The maximum Gasteiger partial charge on any atom is 0.306 e. The Morgan fingerprint density at radius 3 is 1.19 bits per heavy atom. The molecule has 0 N–H and O–H groups in total. The maximum atomic E-state index is 12.8. The molecule has 2 unspecified atom stereocenters. The number of unbranched alkanes of at least 4 members (excludes halogenated alkanes) is 31. The van der Waals surface area contributed by atoms with E-state index in [1.54, 1.807) is 0 Å². The second-order valence-corrected chi connectivity index (χ2v) is 22.7.